The lowest BCUT2D eigenvalue weighted by molar-refractivity contribution is -0.137. The highest BCUT2D eigenvalue weighted by atomic mass is 79.9. The molecule has 4 nitrogen and oxygen atoms in total. The maximum Gasteiger partial charge on any atom is 0.416 e. The number of nitrogens with zero attached hydrogens (tertiary/aromatic N) is 1. The van der Waals surface area contributed by atoms with Gasteiger partial charge in [-0.25, -0.2) is 0 Å². The lowest BCUT2D eigenvalue weighted by Crippen LogP contribution is -2.18. The highest BCUT2D eigenvalue weighted by molar-refractivity contribution is 9.10. The average Bonchev–Trinajstić information content (AvgIpc) is 2.62. The molecule has 0 aliphatic rings. The minimum Gasteiger partial charge on any atom is -0.389 e. The molecule has 2 aromatic carbocycles. The van der Waals surface area contributed by atoms with Gasteiger partial charge in [0.25, 0.3) is 5.91 Å². The number of nitrogens with one attached hydrogen (secondary N) is 2. The second-order valence-electron chi connectivity index (χ2n) is 5.53. The number of alkyl halides is 3. The maximum absolute atomic E-state index is 12.7. The molecule has 0 unspecified atom stereocenters. The highest BCUT2D eigenvalue weighted by Gasteiger charge is 2.30. The Morgan fingerprint density at radius 1 is 1.19 bits per heavy atom. The van der Waals surface area contributed by atoms with Gasteiger partial charge in [-0.1, -0.05) is 34.1 Å². The largest absolute Gasteiger partial charge is 0.416 e. The van der Waals surface area contributed by atoms with Crippen LogP contribution in [-0.4, -0.2) is 12.5 Å². The summed E-state index contributed by atoms with van der Waals surface area (Å²) in [6, 6.07) is 13.7. The van der Waals surface area contributed by atoms with E-state index in [1.54, 1.807) is 6.07 Å². The van der Waals surface area contributed by atoms with Crippen LogP contribution in [0.25, 0.3) is 0 Å². The van der Waals surface area contributed by atoms with Gasteiger partial charge in [0.15, 0.2) is 0 Å². The normalized spacial score (nSPS) is 11.6. The molecule has 0 bridgehead atoms. The molecule has 2 rings (SSSR count). The Bertz CT molecular complexity index is 871. The Morgan fingerprint density at radius 2 is 1.89 bits per heavy atom. The summed E-state index contributed by atoms with van der Waals surface area (Å²) in [4.78, 5) is 12.1. The van der Waals surface area contributed by atoms with Crippen molar-refractivity contribution < 1.29 is 18.0 Å². The fourth-order valence-electron chi connectivity index (χ4n) is 2.16. The topological polar surface area (TPSA) is 64.9 Å². The number of amides is 1. The molecule has 140 valence electrons. The number of anilines is 1. The van der Waals surface area contributed by atoms with Crippen LogP contribution in [0.3, 0.4) is 0 Å². The molecule has 0 fully saturated rings. The number of carbonyl (C=O) groups excluding carboxylic acids is 1. The van der Waals surface area contributed by atoms with Crippen LogP contribution in [0.2, 0.25) is 0 Å². The zero-order chi connectivity index (χ0) is 19.9. The van der Waals surface area contributed by atoms with Gasteiger partial charge in [-0.05, 0) is 42.3 Å². The summed E-state index contributed by atoms with van der Waals surface area (Å²) in [5.41, 5.74) is -0.0736. The van der Waals surface area contributed by atoms with Gasteiger partial charge in [0.1, 0.15) is 11.6 Å². The molecule has 0 saturated heterocycles. The van der Waals surface area contributed by atoms with E-state index in [0.29, 0.717) is 13.0 Å². The molecule has 0 aliphatic carbocycles. The number of hydrogen-bond acceptors (Lipinski definition) is 3. The molecule has 0 radical (unpaired) electrons. The minimum atomic E-state index is -4.51. The van der Waals surface area contributed by atoms with E-state index in [1.165, 1.54) is 18.3 Å². The van der Waals surface area contributed by atoms with Gasteiger partial charge >= 0.3 is 6.18 Å². The molecule has 0 saturated carbocycles. The summed E-state index contributed by atoms with van der Waals surface area (Å²) in [5.74, 6) is -0.784. The van der Waals surface area contributed by atoms with Crippen molar-refractivity contribution in [2.24, 2.45) is 0 Å². The van der Waals surface area contributed by atoms with Gasteiger partial charge < -0.3 is 10.6 Å². The molecule has 0 aliphatic heterocycles. The monoisotopic (exact) mass is 437 g/mol. The Hall–Kier alpha value is -2.79. The lowest BCUT2D eigenvalue weighted by atomic mass is 10.1. The number of halogens is 4. The summed E-state index contributed by atoms with van der Waals surface area (Å²) in [6.45, 7) is 0.490. The van der Waals surface area contributed by atoms with Crippen LogP contribution in [0.4, 0.5) is 18.9 Å². The van der Waals surface area contributed by atoms with Crippen LogP contribution in [0.5, 0.6) is 0 Å². The zero-order valence-corrected chi connectivity index (χ0v) is 15.6. The second kappa shape index (κ2) is 9.24. The van der Waals surface area contributed by atoms with Crippen molar-refractivity contribution in [2.45, 2.75) is 12.6 Å². The average molecular weight is 438 g/mol. The fourth-order valence-corrected chi connectivity index (χ4v) is 2.43. The molecule has 27 heavy (non-hydrogen) atoms. The van der Waals surface area contributed by atoms with E-state index >= 15 is 0 Å². The van der Waals surface area contributed by atoms with Gasteiger partial charge in [0.05, 0.1) is 5.56 Å². The van der Waals surface area contributed by atoms with Crippen LogP contribution in [0, 0.1) is 11.3 Å². The van der Waals surface area contributed by atoms with E-state index in [9.17, 15) is 18.0 Å². The van der Waals surface area contributed by atoms with E-state index in [1.807, 2.05) is 24.3 Å². The van der Waals surface area contributed by atoms with Crippen molar-refractivity contribution in [1.82, 2.24) is 5.32 Å². The maximum atomic E-state index is 12.7. The summed E-state index contributed by atoms with van der Waals surface area (Å²) in [5, 5.41) is 14.3. The number of hydrogen-bond donors (Lipinski definition) is 2. The molecule has 8 heteroatoms. The smallest absolute Gasteiger partial charge is 0.389 e. The number of nitriles is 1. The summed E-state index contributed by atoms with van der Waals surface area (Å²) in [7, 11) is 0. The third-order valence-electron chi connectivity index (χ3n) is 3.53. The standard InChI is InChI=1S/C19H15BrF3N3O/c20-16-6-4-13(5-7-16)8-9-25-12-14(11-24)18(27)26-17-3-1-2-15(10-17)19(21,22)23/h1-7,10,12,25H,8-9H2,(H,26,27)/b14-12-. The van der Waals surface area contributed by atoms with Crippen molar-refractivity contribution in [3.63, 3.8) is 0 Å². The quantitative estimate of drug-likeness (QED) is 0.392. The third kappa shape index (κ3) is 6.46. The predicted molar refractivity (Wildman–Crippen MR) is 99.6 cm³/mol. The molecule has 0 atom stereocenters. The van der Waals surface area contributed by atoms with Gasteiger partial charge in [0.2, 0.25) is 0 Å². The Kier molecular flexibility index (Phi) is 7.02. The highest BCUT2D eigenvalue weighted by Crippen LogP contribution is 2.30. The summed E-state index contributed by atoms with van der Waals surface area (Å²) >= 11 is 3.35. The number of rotatable bonds is 6. The lowest BCUT2D eigenvalue weighted by Gasteiger charge is -2.09. The molecule has 2 N–H and O–H groups in total. The first-order valence-corrected chi connectivity index (χ1v) is 8.65. The van der Waals surface area contributed by atoms with Gasteiger partial charge in [0, 0.05) is 22.9 Å². The Morgan fingerprint density at radius 3 is 2.52 bits per heavy atom. The molecular weight excluding hydrogens is 423 g/mol. The molecule has 0 aromatic heterocycles. The molecule has 1 amide bonds. The van der Waals surface area contributed by atoms with Crippen molar-refractivity contribution in [1.29, 1.82) is 5.26 Å². The predicted octanol–water partition coefficient (Wildman–Crippen LogP) is 4.65. The summed E-state index contributed by atoms with van der Waals surface area (Å²) < 4.78 is 39.1. The molecule has 0 heterocycles. The minimum absolute atomic E-state index is 0.0363. The zero-order valence-electron chi connectivity index (χ0n) is 14.0. The first-order valence-electron chi connectivity index (χ1n) is 7.86. The molecule has 2 aromatic rings. The van der Waals surface area contributed by atoms with Crippen molar-refractivity contribution >= 4 is 27.5 Å². The second-order valence-corrected chi connectivity index (χ2v) is 6.45. The first kappa shape index (κ1) is 20.5. The molecule has 0 spiro atoms. The first-order chi connectivity index (χ1) is 12.8. The number of benzene rings is 2. The van der Waals surface area contributed by atoms with Crippen LogP contribution in [0.15, 0.2) is 64.8 Å². The van der Waals surface area contributed by atoms with Crippen LogP contribution in [0.1, 0.15) is 11.1 Å². The van der Waals surface area contributed by atoms with Crippen LogP contribution in [-0.2, 0) is 17.4 Å². The Labute approximate surface area is 162 Å². The van der Waals surface area contributed by atoms with Crippen molar-refractivity contribution in [3.05, 3.63) is 75.9 Å². The van der Waals surface area contributed by atoms with E-state index in [2.05, 4.69) is 26.6 Å². The van der Waals surface area contributed by atoms with E-state index in [-0.39, 0.29) is 11.3 Å². The SMILES string of the molecule is N#C/C(=C/NCCc1ccc(Br)cc1)C(=O)Nc1cccc(C(F)(F)F)c1. The summed E-state index contributed by atoms with van der Waals surface area (Å²) in [6.07, 6.45) is -2.58. The Balaban J connectivity index is 1.94. The van der Waals surface area contributed by atoms with E-state index in [4.69, 9.17) is 5.26 Å². The van der Waals surface area contributed by atoms with E-state index < -0.39 is 17.6 Å². The third-order valence-corrected chi connectivity index (χ3v) is 4.06. The van der Waals surface area contributed by atoms with Crippen molar-refractivity contribution in [3.8, 4) is 6.07 Å². The van der Waals surface area contributed by atoms with Gasteiger partial charge in [-0.15, -0.1) is 0 Å². The number of carbonyl (C=O) groups is 1. The van der Waals surface area contributed by atoms with Crippen LogP contribution >= 0.6 is 15.9 Å². The van der Waals surface area contributed by atoms with Crippen LogP contribution < -0.4 is 10.6 Å². The van der Waals surface area contributed by atoms with E-state index in [0.717, 1.165) is 22.2 Å². The fraction of sp³-hybridized carbons (Fsp3) is 0.158. The molecular formula is C19H15BrF3N3O. The van der Waals surface area contributed by atoms with Gasteiger partial charge in [-0.3, -0.25) is 4.79 Å². The van der Waals surface area contributed by atoms with Gasteiger partial charge in [-0.2, -0.15) is 18.4 Å². The van der Waals surface area contributed by atoms with Crippen molar-refractivity contribution in [2.75, 3.05) is 11.9 Å².